The minimum absolute atomic E-state index is 0.108. The van der Waals surface area contributed by atoms with Crippen molar-refractivity contribution >= 4 is 11.9 Å². The van der Waals surface area contributed by atoms with Gasteiger partial charge in [-0.15, -0.1) is 0 Å². The molecular weight excluding hydrogens is 320 g/mol. The Balaban J connectivity index is 1.78. The van der Waals surface area contributed by atoms with Gasteiger partial charge < -0.3 is 14.9 Å². The molecule has 0 aromatic carbocycles. The molecule has 140 valence electrons. The zero-order valence-electron chi connectivity index (χ0n) is 15.5. The van der Waals surface area contributed by atoms with Gasteiger partial charge in [0.1, 0.15) is 5.60 Å². The molecule has 0 amide bonds. The number of carbonyl (C=O) groups is 2. The number of carbonyl (C=O) groups excluding carboxylic acids is 1. The van der Waals surface area contributed by atoms with Crippen LogP contribution in [0, 0.1) is 28.1 Å². The number of aliphatic carboxylic acids is 1. The molecule has 3 saturated carbocycles. The Kier molecular flexibility index (Phi) is 3.46. The van der Waals surface area contributed by atoms with Crippen molar-refractivity contribution in [2.24, 2.45) is 28.1 Å². The van der Waals surface area contributed by atoms with E-state index in [0.29, 0.717) is 19.3 Å². The van der Waals surface area contributed by atoms with Crippen LogP contribution in [0.5, 0.6) is 0 Å². The molecule has 4 fully saturated rings. The number of aliphatic hydroxyl groups is 1. The first kappa shape index (κ1) is 17.3. The second kappa shape index (κ2) is 4.99. The Morgan fingerprint density at radius 2 is 1.88 bits per heavy atom. The summed E-state index contributed by atoms with van der Waals surface area (Å²) in [5.41, 5.74) is -1.75. The van der Waals surface area contributed by atoms with Crippen molar-refractivity contribution in [2.45, 2.75) is 83.8 Å². The monoisotopic (exact) mass is 350 g/mol. The fraction of sp³-hybridized carbons (Fsp3) is 0.900. The summed E-state index contributed by atoms with van der Waals surface area (Å²) in [7, 11) is 0. The topological polar surface area (TPSA) is 83.8 Å². The number of carboxylic acid groups (broad SMARTS) is 1. The molecule has 1 aliphatic heterocycles. The highest BCUT2D eigenvalue weighted by atomic mass is 16.6. The summed E-state index contributed by atoms with van der Waals surface area (Å²) < 4.78 is 5.57. The number of esters is 1. The summed E-state index contributed by atoms with van der Waals surface area (Å²) in [6, 6.07) is 0. The van der Waals surface area contributed by atoms with E-state index < -0.39 is 23.1 Å². The van der Waals surface area contributed by atoms with Crippen LogP contribution in [-0.2, 0) is 14.3 Å². The van der Waals surface area contributed by atoms with E-state index in [2.05, 4.69) is 6.92 Å². The second-order valence-electron chi connectivity index (χ2n) is 9.98. The number of aliphatic hydroxyl groups excluding tert-OH is 1. The first-order valence-corrected chi connectivity index (χ1v) is 9.69. The van der Waals surface area contributed by atoms with Gasteiger partial charge in [0.2, 0.25) is 0 Å². The normalized spacial score (nSPS) is 54.9. The lowest BCUT2D eigenvalue weighted by Crippen LogP contribution is -2.67. The molecule has 5 nitrogen and oxygen atoms in total. The largest absolute Gasteiger partial charge is 0.481 e. The van der Waals surface area contributed by atoms with E-state index in [9.17, 15) is 19.8 Å². The Morgan fingerprint density at radius 1 is 1.16 bits per heavy atom. The van der Waals surface area contributed by atoms with Crippen molar-refractivity contribution in [3.63, 3.8) is 0 Å². The van der Waals surface area contributed by atoms with E-state index in [-0.39, 0.29) is 28.6 Å². The lowest BCUT2D eigenvalue weighted by molar-refractivity contribution is -0.255. The molecule has 3 aliphatic carbocycles. The first-order chi connectivity index (χ1) is 11.6. The Hall–Kier alpha value is -1.10. The van der Waals surface area contributed by atoms with Crippen molar-refractivity contribution < 1.29 is 24.5 Å². The standard InChI is InChI=1S/C20H30O5/c1-17-6-4-7-18(2,16(23)24)12(17)5-8-20-10-15(22)25-19(3,11-20)14(21)9-13(17)20/h12-14,21H,4-11H2,1-3H3,(H,23,24)/t12-,13-,14+,17+,18+,19+,20-/m0/s1. The summed E-state index contributed by atoms with van der Waals surface area (Å²) in [4.78, 5) is 24.4. The van der Waals surface area contributed by atoms with Gasteiger partial charge in [-0.2, -0.15) is 0 Å². The number of hydrogen-bond donors (Lipinski definition) is 2. The van der Waals surface area contributed by atoms with E-state index in [0.717, 1.165) is 32.1 Å². The maximum absolute atomic E-state index is 12.3. The molecular formula is C20H30O5. The van der Waals surface area contributed by atoms with Crippen LogP contribution in [0.25, 0.3) is 0 Å². The molecule has 5 heteroatoms. The maximum atomic E-state index is 12.3. The van der Waals surface area contributed by atoms with Gasteiger partial charge in [-0.05, 0) is 75.0 Å². The molecule has 0 radical (unpaired) electrons. The molecule has 25 heavy (non-hydrogen) atoms. The predicted octanol–water partition coefficient (Wildman–Crippen LogP) is 3.14. The van der Waals surface area contributed by atoms with Crippen molar-refractivity contribution in [3.8, 4) is 0 Å². The molecule has 2 bridgehead atoms. The Labute approximate surface area is 149 Å². The van der Waals surface area contributed by atoms with Crippen molar-refractivity contribution in [3.05, 3.63) is 0 Å². The molecule has 1 heterocycles. The van der Waals surface area contributed by atoms with Gasteiger partial charge in [0.05, 0.1) is 17.9 Å². The van der Waals surface area contributed by atoms with E-state index >= 15 is 0 Å². The van der Waals surface area contributed by atoms with E-state index in [1.807, 2.05) is 13.8 Å². The lowest BCUT2D eigenvalue weighted by Gasteiger charge is -2.67. The van der Waals surface area contributed by atoms with E-state index in [1.165, 1.54) is 0 Å². The Bertz CT molecular complexity index is 632. The fourth-order valence-electron chi connectivity index (χ4n) is 7.52. The third kappa shape index (κ3) is 2.11. The van der Waals surface area contributed by atoms with E-state index in [1.54, 1.807) is 0 Å². The zero-order valence-corrected chi connectivity index (χ0v) is 15.5. The van der Waals surface area contributed by atoms with Gasteiger partial charge in [0.25, 0.3) is 0 Å². The minimum Gasteiger partial charge on any atom is -0.481 e. The van der Waals surface area contributed by atoms with Gasteiger partial charge in [-0.3, -0.25) is 9.59 Å². The number of hydrogen-bond acceptors (Lipinski definition) is 4. The molecule has 7 atom stereocenters. The highest BCUT2D eigenvalue weighted by Crippen LogP contribution is 2.70. The van der Waals surface area contributed by atoms with Gasteiger partial charge >= 0.3 is 11.9 Å². The molecule has 4 rings (SSSR count). The number of rotatable bonds is 1. The molecule has 0 aromatic rings. The van der Waals surface area contributed by atoms with Gasteiger partial charge in [-0.1, -0.05) is 13.3 Å². The molecule has 4 aliphatic rings. The van der Waals surface area contributed by atoms with Crippen LogP contribution < -0.4 is 0 Å². The number of fused-ring (bicyclic) bond motifs is 3. The number of carboxylic acids is 1. The lowest BCUT2D eigenvalue weighted by atomic mass is 9.38. The second-order valence-corrected chi connectivity index (χ2v) is 9.98. The third-order valence-corrected chi connectivity index (χ3v) is 8.64. The molecule has 0 unspecified atom stereocenters. The summed E-state index contributed by atoms with van der Waals surface area (Å²) in [6.07, 6.45) is 5.44. The van der Waals surface area contributed by atoms with E-state index in [4.69, 9.17) is 4.74 Å². The van der Waals surface area contributed by atoms with Crippen LogP contribution in [0.4, 0.5) is 0 Å². The van der Waals surface area contributed by atoms with Crippen LogP contribution in [0.3, 0.4) is 0 Å². The smallest absolute Gasteiger partial charge is 0.309 e. The summed E-state index contributed by atoms with van der Waals surface area (Å²) in [5.74, 6) is -0.593. The van der Waals surface area contributed by atoms with Crippen LogP contribution in [-0.4, -0.2) is 33.9 Å². The SMILES string of the molecule is C[C@@]12CCC[C@@](C)(C(=O)O)[C@H]1CC[C@]13CC(=O)O[C@](C)(C1)[C@H](O)C[C@H]32. The average molecular weight is 350 g/mol. The van der Waals surface area contributed by atoms with Crippen molar-refractivity contribution in [1.29, 1.82) is 0 Å². The highest BCUT2D eigenvalue weighted by molar-refractivity contribution is 5.75. The summed E-state index contributed by atoms with van der Waals surface area (Å²) >= 11 is 0. The van der Waals surface area contributed by atoms with Crippen molar-refractivity contribution in [1.82, 2.24) is 0 Å². The minimum atomic E-state index is -0.778. The zero-order chi connectivity index (χ0) is 18.3. The van der Waals surface area contributed by atoms with Crippen LogP contribution >= 0.6 is 0 Å². The molecule has 2 N–H and O–H groups in total. The molecule has 1 saturated heterocycles. The van der Waals surface area contributed by atoms with Crippen LogP contribution in [0.2, 0.25) is 0 Å². The maximum Gasteiger partial charge on any atom is 0.309 e. The van der Waals surface area contributed by atoms with Gasteiger partial charge in [0.15, 0.2) is 0 Å². The predicted molar refractivity (Wildman–Crippen MR) is 90.7 cm³/mol. The first-order valence-electron chi connectivity index (χ1n) is 9.69. The van der Waals surface area contributed by atoms with Gasteiger partial charge in [-0.25, -0.2) is 0 Å². The quantitative estimate of drug-likeness (QED) is 0.710. The van der Waals surface area contributed by atoms with Crippen LogP contribution in [0.15, 0.2) is 0 Å². The Morgan fingerprint density at radius 3 is 2.56 bits per heavy atom. The van der Waals surface area contributed by atoms with Crippen molar-refractivity contribution in [2.75, 3.05) is 0 Å². The highest BCUT2D eigenvalue weighted by Gasteiger charge is 2.68. The fourth-order valence-corrected chi connectivity index (χ4v) is 7.52. The average Bonchev–Trinajstić information content (AvgIpc) is 2.48. The van der Waals surface area contributed by atoms with Crippen LogP contribution in [0.1, 0.15) is 72.1 Å². The summed E-state index contributed by atoms with van der Waals surface area (Å²) in [5, 5.41) is 20.7. The third-order valence-electron chi connectivity index (χ3n) is 8.64. The molecule has 1 spiro atoms. The summed E-state index contributed by atoms with van der Waals surface area (Å²) in [6.45, 7) is 6.01. The van der Waals surface area contributed by atoms with Gasteiger partial charge in [0, 0.05) is 0 Å². The number of ether oxygens (including phenoxy) is 1. The molecule has 0 aromatic heterocycles.